The lowest BCUT2D eigenvalue weighted by Gasteiger charge is -2.25. The molecule has 84 valence electrons. The molecule has 1 fully saturated rings. The van der Waals surface area contributed by atoms with Crippen molar-refractivity contribution in [2.24, 2.45) is 0 Å². The molecule has 0 amide bonds. The van der Waals surface area contributed by atoms with Crippen molar-refractivity contribution < 1.29 is 0 Å². The van der Waals surface area contributed by atoms with Gasteiger partial charge in [0.1, 0.15) is 0 Å². The minimum atomic E-state index is 0.525. The van der Waals surface area contributed by atoms with Crippen LogP contribution in [0.2, 0.25) is 0 Å². The quantitative estimate of drug-likeness (QED) is 0.351. The fraction of sp³-hybridized carbons (Fsp3) is 1.00. The van der Waals surface area contributed by atoms with E-state index in [1.165, 1.54) is 70.6 Å². The monoisotopic (exact) mass is 260 g/mol. The third-order valence-corrected chi connectivity index (χ3v) is 4.67. The highest BCUT2D eigenvalue weighted by Gasteiger charge is 2.26. The SMILES string of the molecule is CCCCCCC1(Br)CCCCCC1. The molecule has 0 radical (unpaired) electrons. The summed E-state index contributed by atoms with van der Waals surface area (Å²) in [7, 11) is 0. The van der Waals surface area contributed by atoms with Gasteiger partial charge in [0.2, 0.25) is 0 Å². The molecule has 0 heterocycles. The molecule has 1 heteroatoms. The second-order valence-electron chi connectivity index (χ2n) is 4.88. The summed E-state index contributed by atoms with van der Waals surface area (Å²) in [6, 6.07) is 0. The maximum Gasteiger partial charge on any atom is 0.0258 e. The average Bonchev–Trinajstić information content (AvgIpc) is 2.39. The van der Waals surface area contributed by atoms with Gasteiger partial charge >= 0.3 is 0 Å². The van der Waals surface area contributed by atoms with Crippen LogP contribution in [-0.4, -0.2) is 4.32 Å². The van der Waals surface area contributed by atoms with Crippen molar-refractivity contribution in [2.75, 3.05) is 0 Å². The molecule has 0 saturated heterocycles. The highest BCUT2D eigenvalue weighted by atomic mass is 79.9. The van der Waals surface area contributed by atoms with Crippen LogP contribution in [0.4, 0.5) is 0 Å². The summed E-state index contributed by atoms with van der Waals surface area (Å²) in [6.07, 6.45) is 15.7. The largest absolute Gasteiger partial charge is 0.0853 e. The minimum absolute atomic E-state index is 0.525. The Hall–Kier alpha value is 0.480. The zero-order chi connectivity index (χ0) is 10.3. The summed E-state index contributed by atoms with van der Waals surface area (Å²) in [4.78, 5) is 0. The van der Waals surface area contributed by atoms with Gasteiger partial charge in [0.05, 0.1) is 0 Å². The second kappa shape index (κ2) is 6.87. The normalized spacial score (nSPS) is 21.9. The van der Waals surface area contributed by atoms with Crippen molar-refractivity contribution in [2.45, 2.75) is 81.9 Å². The molecule has 0 aliphatic heterocycles. The number of unbranched alkanes of at least 4 members (excludes halogenated alkanes) is 3. The Morgan fingerprint density at radius 2 is 1.57 bits per heavy atom. The van der Waals surface area contributed by atoms with Crippen LogP contribution in [0.25, 0.3) is 0 Å². The van der Waals surface area contributed by atoms with Crippen molar-refractivity contribution in [1.82, 2.24) is 0 Å². The number of hydrogen-bond acceptors (Lipinski definition) is 0. The Balaban J connectivity index is 2.17. The van der Waals surface area contributed by atoms with Gasteiger partial charge in [-0.2, -0.15) is 0 Å². The molecule has 1 aliphatic rings. The number of rotatable bonds is 5. The molecule has 0 nitrogen and oxygen atoms in total. The van der Waals surface area contributed by atoms with Crippen molar-refractivity contribution in [3.8, 4) is 0 Å². The van der Waals surface area contributed by atoms with Crippen LogP contribution in [0.15, 0.2) is 0 Å². The molecule has 1 aliphatic carbocycles. The van der Waals surface area contributed by atoms with Gasteiger partial charge < -0.3 is 0 Å². The van der Waals surface area contributed by atoms with E-state index in [2.05, 4.69) is 22.9 Å². The van der Waals surface area contributed by atoms with E-state index >= 15 is 0 Å². The van der Waals surface area contributed by atoms with E-state index in [1.54, 1.807) is 0 Å². The molecule has 0 spiro atoms. The van der Waals surface area contributed by atoms with E-state index in [0.717, 1.165) is 0 Å². The van der Waals surface area contributed by atoms with Crippen LogP contribution in [-0.2, 0) is 0 Å². The molecule has 0 bridgehead atoms. The lowest BCUT2D eigenvalue weighted by Crippen LogP contribution is -2.19. The Kier molecular flexibility index (Phi) is 6.16. The first-order chi connectivity index (χ1) is 6.77. The van der Waals surface area contributed by atoms with Gasteiger partial charge in [-0.1, -0.05) is 74.2 Å². The van der Waals surface area contributed by atoms with Crippen LogP contribution < -0.4 is 0 Å². The molecule has 0 aromatic carbocycles. The minimum Gasteiger partial charge on any atom is -0.0853 e. The summed E-state index contributed by atoms with van der Waals surface area (Å²) in [5, 5.41) is 0. The Bertz CT molecular complexity index is 134. The predicted octanol–water partition coefficient (Wildman–Crippen LogP) is 5.44. The Morgan fingerprint density at radius 1 is 0.929 bits per heavy atom. The number of halogens is 1. The Labute approximate surface area is 98.0 Å². The van der Waals surface area contributed by atoms with Gasteiger partial charge in [-0.05, 0) is 19.3 Å². The summed E-state index contributed by atoms with van der Waals surface area (Å²) in [5.41, 5.74) is 0. The smallest absolute Gasteiger partial charge is 0.0258 e. The highest BCUT2D eigenvalue weighted by Crippen LogP contribution is 2.38. The van der Waals surface area contributed by atoms with E-state index in [1.807, 2.05) is 0 Å². The maximum absolute atomic E-state index is 4.00. The fourth-order valence-electron chi connectivity index (χ4n) is 2.48. The summed E-state index contributed by atoms with van der Waals surface area (Å²) < 4.78 is 0.525. The van der Waals surface area contributed by atoms with E-state index in [-0.39, 0.29) is 0 Å². The van der Waals surface area contributed by atoms with E-state index in [9.17, 15) is 0 Å². The predicted molar refractivity (Wildman–Crippen MR) is 68.1 cm³/mol. The van der Waals surface area contributed by atoms with Crippen LogP contribution >= 0.6 is 15.9 Å². The standard InChI is InChI=1S/C13H25Br/c1-2-3-4-7-10-13(14)11-8-5-6-9-12-13/h2-12H2,1H3. The molecule has 0 aromatic heterocycles. The van der Waals surface area contributed by atoms with Crippen LogP contribution in [0, 0.1) is 0 Å². The molecule has 0 unspecified atom stereocenters. The molecular weight excluding hydrogens is 236 g/mol. The van der Waals surface area contributed by atoms with E-state index < -0.39 is 0 Å². The van der Waals surface area contributed by atoms with Crippen molar-refractivity contribution in [3.05, 3.63) is 0 Å². The van der Waals surface area contributed by atoms with Gasteiger partial charge in [-0.15, -0.1) is 0 Å². The molecular formula is C13H25Br. The second-order valence-corrected chi connectivity index (χ2v) is 6.56. The zero-order valence-electron chi connectivity index (χ0n) is 9.66. The average molecular weight is 261 g/mol. The summed E-state index contributed by atoms with van der Waals surface area (Å²) in [5.74, 6) is 0. The molecule has 0 aromatic rings. The van der Waals surface area contributed by atoms with Crippen molar-refractivity contribution in [1.29, 1.82) is 0 Å². The summed E-state index contributed by atoms with van der Waals surface area (Å²) >= 11 is 4.00. The van der Waals surface area contributed by atoms with Gasteiger partial charge in [-0.25, -0.2) is 0 Å². The first-order valence-electron chi connectivity index (χ1n) is 6.46. The molecule has 14 heavy (non-hydrogen) atoms. The fourth-order valence-corrected chi connectivity index (χ4v) is 3.32. The molecule has 1 saturated carbocycles. The third kappa shape index (κ3) is 4.82. The first-order valence-corrected chi connectivity index (χ1v) is 7.25. The number of alkyl halides is 1. The van der Waals surface area contributed by atoms with Gasteiger partial charge in [0.15, 0.2) is 0 Å². The van der Waals surface area contributed by atoms with E-state index in [4.69, 9.17) is 0 Å². The van der Waals surface area contributed by atoms with Gasteiger partial charge in [0, 0.05) is 4.32 Å². The molecule has 0 N–H and O–H groups in total. The number of hydrogen-bond donors (Lipinski definition) is 0. The first kappa shape index (κ1) is 12.5. The van der Waals surface area contributed by atoms with Crippen LogP contribution in [0.3, 0.4) is 0 Å². The van der Waals surface area contributed by atoms with Crippen molar-refractivity contribution in [3.63, 3.8) is 0 Å². The van der Waals surface area contributed by atoms with E-state index in [0.29, 0.717) is 4.32 Å². The lowest BCUT2D eigenvalue weighted by atomic mass is 9.93. The van der Waals surface area contributed by atoms with Crippen LogP contribution in [0.1, 0.15) is 77.6 Å². The lowest BCUT2D eigenvalue weighted by molar-refractivity contribution is 0.460. The topological polar surface area (TPSA) is 0 Å². The highest BCUT2D eigenvalue weighted by molar-refractivity contribution is 9.10. The van der Waals surface area contributed by atoms with Gasteiger partial charge in [-0.3, -0.25) is 0 Å². The third-order valence-electron chi connectivity index (χ3n) is 3.48. The summed E-state index contributed by atoms with van der Waals surface area (Å²) in [6.45, 7) is 2.29. The molecule has 0 atom stereocenters. The van der Waals surface area contributed by atoms with Crippen LogP contribution in [0.5, 0.6) is 0 Å². The maximum atomic E-state index is 4.00. The Morgan fingerprint density at radius 3 is 2.14 bits per heavy atom. The molecule has 1 rings (SSSR count). The van der Waals surface area contributed by atoms with Gasteiger partial charge in [0.25, 0.3) is 0 Å². The zero-order valence-corrected chi connectivity index (χ0v) is 11.2. The van der Waals surface area contributed by atoms with Crippen molar-refractivity contribution >= 4 is 15.9 Å².